The summed E-state index contributed by atoms with van der Waals surface area (Å²) in [5.41, 5.74) is 1.04. The van der Waals surface area contributed by atoms with Gasteiger partial charge in [-0.05, 0) is 49.0 Å². The Kier molecular flexibility index (Phi) is 6.78. The third-order valence-electron chi connectivity index (χ3n) is 5.50. The van der Waals surface area contributed by atoms with Crippen molar-refractivity contribution in [3.63, 3.8) is 0 Å². The normalized spacial score (nSPS) is 15.3. The van der Waals surface area contributed by atoms with E-state index in [9.17, 15) is 21.2 Å². The number of methoxy groups -OCH3 is 1. The van der Waals surface area contributed by atoms with E-state index in [-0.39, 0.29) is 41.0 Å². The minimum Gasteiger partial charge on any atom is -0.379 e. The predicted octanol–water partition coefficient (Wildman–Crippen LogP) is 2.24. The van der Waals surface area contributed by atoms with Crippen LogP contribution >= 0.6 is 0 Å². The van der Waals surface area contributed by atoms with Gasteiger partial charge in [0, 0.05) is 38.5 Å². The Labute approximate surface area is 198 Å². The number of hydrogen-bond donors (Lipinski definition) is 2. The molecule has 3 aromatic rings. The van der Waals surface area contributed by atoms with E-state index in [0.717, 1.165) is 3.97 Å². The molecule has 0 unspecified atom stereocenters. The van der Waals surface area contributed by atoms with Crippen molar-refractivity contribution >= 4 is 25.9 Å². The van der Waals surface area contributed by atoms with Gasteiger partial charge in [-0.3, -0.25) is 4.72 Å². The van der Waals surface area contributed by atoms with Gasteiger partial charge in [-0.2, -0.15) is 12.7 Å². The Morgan fingerprint density at radius 2 is 1.79 bits per heavy atom. The molecule has 1 aromatic heterocycles. The molecule has 4 rings (SSSR count). The van der Waals surface area contributed by atoms with E-state index in [1.165, 1.54) is 60.1 Å². The quantitative estimate of drug-likeness (QED) is 0.459. The van der Waals surface area contributed by atoms with Crippen LogP contribution in [0, 0.1) is 5.82 Å². The fourth-order valence-corrected chi connectivity index (χ4v) is 6.37. The molecule has 0 amide bonds. The van der Waals surface area contributed by atoms with Crippen molar-refractivity contribution in [1.82, 2.24) is 13.6 Å². The Bertz CT molecular complexity index is 1400. The highest BCUT2D eigenvalue weighted by Gasteiger charge is 2.36. The average molecular weight is 509 g/mol. The summed E-state index contributed by atoms with van der Waals surface area (Å²) >= 11 is 0. The number of halogens is 1. The van der Waals surface area contributed by atoms with Gasteiger partial charge in [-0.15, -0.1) is 0 Å². The summed E-state index contributed by atoms with van der Waals surface area (Å²) in [4.78, 5) is -0.143. The molecule has 2 heterocycles. The summed E-state index contributed by atoms with van der Waals surface area (Å²) in [6.45, 7) is 0.809. The van der Waals surface area contributed by atoms with Gasteiger partial charge >= 0.3 is 10.2 Å². The minimum absolute atomic E-state index is 0.0944. The molecular weight excluding hydrogens is 483 g/mol. The molecule has 2 N–H and O–H groups in total. The van der Waals surface area contributed by atoms with Gasteiger partial charge in [0.05, 0.1) is 22.4 Å². The second-order valence-corrected chi connectivity index (χ2v) is 11.3. The molecule has 182 valence electrons. The lowest BCUT2D eigenvalue weighted by Gasteiger charge is -2.36. The molecule has 1 saturated heterocycles. The lowest BCUT2D eigenvalue weighted by molar-refractivity contribution is 0.0128. The number of hydrogen-bond acceptors (Lipinski definition) is 6. The first-order valence-electron chi connectivity index (χ1n) is 10.4. The number of nitrogens with one attached hydrogen (secondary N) is 2. The van der Waals surface area contributed by atoms with Crippen LogP contribution in [0.3, 0.4) is 0 Å². The van der Waals surface area contributed by atoms with Crippen molar-refractivity contribution in [1.29, 1.82) is 0 Å². The summed E-state index contributed by atoms with van der Waals surface area (Å²) in [5.74, 6) is -0.557. The van der Waals surface area contributed by atoms with Gasteiger partial charge in [0.1, 0.15) is 5.82 Å². The Hall–Kier alpha value is -2.77. The zero-order valence-electron chi connectivity index (χ0n) is 18.6. The van der Waals surface area contributed by atoms with E-state index < -0.39 is 26.0 Å². The average Bonchev–Trinajstić information content (AvgIpc) is 3.18. The van der Waals surface area contributed by atoms with Gasteiger partial charge in [-0.1, -0.05) is 18.2 Å². The molecule has 34 heavy (non-hydrogen) atoms. The highest BCUT2D eigenvalue weighted by Crippen LogP contribution is 2.30. The van der Waals surface area contributed by atoms with Crippen molar-refractivity contribution in [2.24, 2.45) is 0 Å². The zero-order valence-corrected chi connectivity index (χ0v) is 20.2. The first-order chi connectivity index (χ1) is 16.2. The van der Waals surface area contributed by atoms with Gasteiger partial charge in [0.15, 0.2) is 0 Å². The van der Waals surface area contributed by atoms with Crippen LogP contribution in [0.4, 0.5) is 10.1 Å². The second kappa shape index (κ2) is 9.47. The Morgan fingerprint density at radius 3 is 2.47 bits per heavy atom. The van der Waals surface area contributed by atoms with Crippen LogP contribution in [0.5, 0.6) is 0 Å². The molecule has 2 aromatic carbocycles. The number of benzene rings is 2. The van der Waals surface area contributed by atoms with Crippen LogP contribution in [0.1, 0.15) is 5.56 Å². The Morgan fingerprint density at radius 1 is 1.06 bits per heavy atom. The lowest BCUT2D eigenvalue weighted by Crippen LogP contribution is -2.55. The molecule has 0 bridgehead atoms. The van der Waals surface area contributed by atoms with Crippen LogP contribution < -0.4 is 10.0 Å². The van der Waals surface area contributed by atoms with Crippen LogP contribution in [0.2, 0.25) is 0 Å². The number of aromatic nitrogens is 1. The molecule has 0 atom stereocenters. The lowest BCUT2D eigenvalue weighted by atomic mass is 10.1. The van der Waals surface area contributed by atoms with E-state index >= 15 is 0 Å². The Balaban J connectivity index is 1.70. The SMILES string of the molecule is CNCc1cc(-c2ccccc2F)n(S(=O)(=O)c2cccc(NS(=O)(=O)N3CC(OC)C3)c2)c1. The smallest absolute Gasteiger partial charge is 0.301 e. The molecule has 9 nitrogen and oxygen atoms in total. The number of ether oxygens (including phenoxy) is 1. The molecule has 0 aliphatic carbocycles. The summed E-state index contributed by atoms with van der Waals surface area (Å²) in [6, 6.07) is 13.0. The second-order valence-electron chi connectivity index (χ2n) is 7.85. The highest BCUT2D eigenvalue weighted by atomic mass is 32.2. The maximum Gasteiger partial charge on any atom is 0.301 e. The van der Waals surface area contributed by atoms with Gasteiger partial charge in [0.2, 0.25) is 0 Å². The van der Waals surface area contributed by atoms with Crippen molar-refractivity contribution < 1.29 is 26.0 Å². The van der Waals surface area contributed by atoms with Crippen molar-refractivity contribution in [3.05, 3.63) is 72.2 Å². The van der Waals surface area contributed by atoms with Gasteiger partial charge in [0.25, 0.3) is 10.0 Å². The monoisotopic (exact) mass is 508 g/mol. The van der Waals surface area contributed by atoms with Crippen molar-refractivity contribution in [2.75, 3.05) is 32.0 Å². The largest absolute Gasteiger partial charge is 0.379 e. The molecule has 0 saturated carbocycles. The molecule has 1 fully saturated rings. The topological polar surface area (TPSA) is 110 Å². The highest BCUT2D eigenvalue weighted by molar-refractivity contribution is 7.90. The fourth-order valence-electron chi connectivity index (χ4n) is 3.65. The third kappa shape index (κ3) is 4.72. The predicted molar refractivity (Wildman–Crippen MR) is 127 cm³/mol. The summed E-state index contributed by atoms with van der Waals surface area (Å²) in [5, 5.41) is 2.95. The first kappa shape index (κ1) is 24.4. The van der Waals surface area contributed by atoms with E-state index in [1.807, 2.05) is 0 Å². The van der Waals surface area contributed by atoms with E-state index in [0.29, 0.717) is 12.1 Å². The molecular formula is C22H25FN4O5S2. The van der Waals surface area contributed by atoms with Gasteiger partial charge < -0.3 is 10.1 Å². The maximum absolute atomic E-state index is 14.5. The molecule has 1 aliphatic heterocycles. The van der Waals surface area contributed by atoms with E-state index in [2.05, 4.69) is 10.0 Å². The third-order valence-corrected chi connectivity index (χ3v) is 8.64. The van der Waals surface area contributed by atoms with E-state index in [4.69, 9.17) is 4.74 Å². The zero-order chi connectivity index (χ0) is 24.5. The molecule has 1 aliphatic rings. The summed E-state index contributed by atoms with van der Waals surface area (Å²) < 4.78 is 76.6. The fraction of sp³-hybridized carbons (Fsp3) is 0.273. The minimum atomic E-state index is -4.18. The number of nitrogens with zero attached hydrogens (tertiary/aromatic N) is 2. The number of anilines is 1. The van der Waals surface area contributed by atoms with Crippen LogP contribution in [0.25, 0.3) is 11.3 Å². The maximum atomic E-state index is 14.5. The molecule has 0 radical (unpaired) electrons. The van der Waals surface area contributed by atoms with Crippen LogP contribution in [-0.2, 0) is 31.5 Å². The van der Waals surface area contributed by atoms with Crippen molar-refractivity contribution in [2.45, 2.75) is 17.5 Å². The number of rotatable bonds is 9. The van der Waals surface area contributed by atoms with E-state index in [1.54, 1.807) is 19.2 Å². The van der Waals surface area contributed by atoms with Crippen LogP contribution in [-0.4, -0.2) is 58.5 Å². The van der Waals surface area contributed by atoms with Gasteiger partial charge in [-0.25, -0.2) is 16.8 Å². The molecule has 12 heteroatoms. The first-order valence-corrected chi connectivity index (χ1v) is 13.3. The summed E-state index contributed by atoms with van der Waals surface area (Å²) in [6.07, 6.45) is 1.26. The molecule has 0 spiro atoms. The van der Waals surface area contributed by atoms with Crippen molar-refractivity contribution in [3.8, 4) is 11.3 Å². The standard InChI is InChI=1S/C22H25FN4O5S2/c1-24-12-16-10-22(20-8-3-4-9-21(20)23)27(13-16)33(28,29)19-7-5-6-17(11-19)25-34(30,31)26-14-18(15-26)32-2/h3-11,13,18,24-25H,12,14-15H2,1-2H3. The van der Waals surface area contributed by atoms with Crippen LogP contribution in [0.15, 0.2) is 65.7 Å². The summed E-state index contributed by atoms with van der Waals surface area (Å²) in [7, 11) is -4.81.